The second-order valence-corrected chi connectivity index (χ2v) is 7.92. The number of carbonyl (C=O) groups is 1. The van der Waals surface area contributed by atoms with Crippen LogP contribution in [0.5, 0.6) is 11.5 Å². The van der Waals surface area contributed by atoms with Crippen LogP contribution in [0.4, 0.5) is 4.39 Å². The number of carbonyl (C=O) groups excluding carboxylic acids is 1. The van der Waals surface area contributed by atoms with Crippen molar-refractivity contribution in [2.24, 2.45) is 4.99 Å². The highest BCUT2D eigenvalue weighted by Crippen LogP contribution is 2.38. The standard InChI is InChI=1S/C25H19BrFNO4/c1-15-7-3-4-8-17(15)14-31-23-19(26)11-16(13-22(23)30-2)12-21-25(29)32-24(28-21)18-9-5-6-10-20(18)27/h3-13H,14H2,1-2H3/b21-12-. The predicted octanol–water partition coefficient (Wildman–Crippen LogP) is 5.83. The Kier molecular flexibility index (Phi) is 6.37. The average molecular weight is 496 g/mol. The van der Waals surface area contributed by atoms with Gasteiger partial charge in [-0.1, -0.05) is 36.4 Å². The average Bonchev–Trinajstić information content (AvgIpc) is 3.14. The van der Waals surface area contributed by atoms with Crippen LogP contribution >= 0.6 is 15.9 Å². The summed E-state index contributed by atoms with van der Waals surface area (Å²) in [6, 6.07) is 17.5. The van der Waals surface area contributed by atoms with Crippen molar-refractivity contribution < 1.29 is 23.4 Å². The number of rotatable bonds is 6. The van der Waals surface area contributed by atoms with E-state index in [2.05, 4.69) is 20.9 Å². The Morgan fingerprint density at radius 3 is 2.62 bits per heavy atom. The number of halogens is 2. The zero-order chi connectivity index (χ0) is 22.7. The number of hydrogen-bond donors (Lipinski definition) is 0. The van der Waals surface area contributed by atoms with Gasteiger partial charge in [-0.15, -0.1) is 0 Å². The number of methoxy groups -OCH3 is 1. The SMILES string of the molecule is COc1cc(/C=C2\N=C(c3ccccc3F)OC2=O)cc(Br)c1OCc1ccccc1C. The second kappa shape index (κ2) is 9.36. The minimum atomic E-state index is -0.654. The Hall–Kier alpha value is -3.45. The second-order valence-electron chi connectivity index (χ2n) is 7.07. The van der Waals surface area contributed by atoms with Gasteiger partial charge in [0.05, 0.1) is 17.1 Å². The van der Waals surface area contributed by atoms with Crippen molar-refractivity contribution >= 4 is 33.9 Å². The van der Waals surface area contributed by atoms with E-state index in [1.165, 1.54) is 19.2 Å². The van der Waals surface area contributed by atoms with Crippen molar-refractivity contribution in [2.75, 3.05) is 7.11 Å². The van der Waals surface area contributed by atoms with E-state index in [1.807, 2.05) is 31.2 Å². The number of nitrogens with zero attached hydrogens (tertiary/aromatic N) is 1. The third-order valence-electron chi connectivity index (χ3n) is 4.91. The zero-order valence-corrected chi connectivity index (χ0v) is 19.0. The molecule has 0 aromatic heterocycles. The first-order valence-corrected chi connectivity index (χ1v) is 10.6. The van der Waals surface area contributed by atoms with Gasteiger partial charge in [-0.25, -0.2) is 14.2 Å². The van der Waals surface area contributed by atoms with Gasteiger partial charge in [0.2, 0.25) is 5.90 Å². The molecule has 0 N–H and O–H groups in total. The Balaban J connectivity index is 1.61. The fourth-order valence-corrected chi connectivity index (χ4v) is 3.78. The first kappa shape index (κ1) is 21.8. The molecule has 162 valence electrons. The maximum absolute atomic E-state index is 14.0. The molecule has 0 aliphatic carbocycles. The minimum Gasteiger partial charge on any atom is -0.493 e. The maximum atomic E-state index is 14.0. The summed E-state index contributed by atoms with van der Waals surface area (Å²) >= 11 is 3.52. The summed E-state index contributed by atoms with van der Waals surface area (Å²) in [6.07, 6.45) is 1.55. The van der Waals surface area contributed by atoms with Crippen LogP contribution in [0.2, 0.25) is 0 Å². The topological polar surface area (TPSA) is 57.1 Å². The highest BCUT2D eigenvalue weighted by molar-refractivity contribution is 9.10. The van der Waals surface area contributed by atoms with Crippen molar-refractivity contribution in [3.05, 3.63) is 98.9 Å². The summed E-state index contributed by atoms with van der Waals surface area (Å²) in [6.45, 7) is 2.40. The molecule has 3 aromatic rings. The van der Waals surface area contributed by atoms with E-state index in [4.69, 9.17) is 14.2 Å². The van der Waals surface area contributed by atoms with Crippen LogP contribution in [0.15, 0.2) is 75.8 Å². The molecule has 7 heteroatoms. The fourth-order valence-electron chi connectivity index (χ4n) is 3.20. The van der Waals surface area contributed by atoms with Gasteiger partial charge in [0.15, 0.2) is 17.2 Å². The minimum absolute atomic E-state index is 0.0609. The van der Waals surface area contributed by atoms with E-state index in [1.54, 1.807) is 30.3 Å². The third-order valence-corrected chi connectivity index (χ3v) is 5.50. The molecule has 1 aliphatic heterocycles. The highest BCUT2D eigenvalue weighted by atomic mass is 79.9. The van der Waals surface area contributed by atoms with Crippen LogP contribution in [0, 0.1) is 12.7 Å². The van der Waals surface area contributed by atoms with Crippen LogP contribution in [0.3, 0.4) is 0 Å². The largest absolute Gasteiger partial charge is 0.493 e. The molecule has 0 fully saturated rings. The molecule has 0 atom stereocenters. The lowest BCUT2D eigenvalue weighted by Crippen LogP contribution is -2.07. The summed E-state index contributed by atoms with van der Waals surface area (Å²) in [7, 11) is 1.54. The molecule has 5 nitrogen and oxygen atoms in total. The molecule has 1 heterocycles. The van der Waals surface area contributed by atoms with Crippen LogP contribution < -0.4 is 9.47 Å². The van der Waals surface area contributed by atoms with E-state index in [0.29, 0.717) is 28.1 Å². The smallest absolute Gasteiger partial charge is 0.363 e. The molecule has 0 unspecified atom stereocenters. The molecule has 0 bridgehead atoms. The van der Waals surface area contributed by atoms with Crippen molar-refractivity contribution in [1.82, 2.24) is 0 Å². The lowest BCUT2D eigenvalue weighted by Gasteiger charge is -2.14. The summed E-state index contributed by atoms with van der Waals surface area (Å²) < 4.78 is 31.3. The van der Waals surface area contributed by atoms with Crippen LogP contribution in [-0.4, -0.2) is 19.0 Å². The van der Waals surface area contributed by atoms with Gasteiger partial charge in [0.25, 0.3) is 0 Å². The van der Waals surface area contributed by atoms with Gasteiger partial charge >= 0.3 is 5.97 Å². The number of esters is 1. The summed E-state index contributed by atoms with van der Waals surface area (Å²) in [5, 5.41) is 0. The molecule has 0 saturated carbocycles. The van der Waals surface area contributed by atoms with E-state index < -0.39 is 11.8 Å². The van der Waals surface area contributed by atoms with E-state index in [0.717, 1.165) is 11.1 Å². The van der Waals surface area contributed by atoms with Crippen molar-refractivity contribution in [3.8, 4) is 11.5 Å². The number of benzene rings is 3. The zero-order valence-electron chi connectivity index (χ0n) is 17.4. The van der Waals surface area contributed by atoms with Gasteiger partial charge in [0.1, 0.15) is 12.4 Å². The third kappa shape index (κ3) is 4.57. The van der Waals surface area contributed by atoms with Gasteiger partial charge in [-0.05, 0) is 69.9 Å². The maximum Gasteiger partial charge on any atom is 0.363 e. The first-order chi connectivity index (χ1) is 15.5. The van der Waals surface area contributed by atoms with Crippen LogP contribution in [-0.2, 0) is 16.1 Å². The molecule has 3 aromatic carbocycles. The van der Waals surface area contributed by atoms with E-state index in [-0.39, 0.29) is 17.2 Å². The van der Waals surface area contributed by atoms with Crippen molar-refractivity contribution in [1.29, 1.82) is 0 Å². The van der Waals surface area contributed by atoms with Gasteiger partial charge in [0, 0.05) is 0 Å². The summed E-state index contributed by atoms with van der Waals surface area (Å²) in [5.41, 5.74) is 3.03. The Morgan fingerprint density at radius 2 is 1.88 bits per heavy atom. The molecule has 4 rings (SSSR count). The number of cyclic esters (lactones) is 1. The van der Waals surface area contributed by atoms with Crippen molar-refractivity contribution in [3.63, 3.8) is 0 Å². The Bertz CT molecular complexity index is 1250. The molecule has 0 spiro atoms. The first-order valence-electron chi connectivity index (χ1n) is 9.78. The monoisotopic (exact) mass is 495 g/mol. The van der Waals surface area contributed by atoms with Crippen LogP contribution in [0.1, 0.15) is 22.3 Å². The predicted molar refractivity (Wildman–Crippen MR) is 123 cm³/mol. The molecule has 0 saturated heterocycles. The Labute approximate surface area is 193 Å². The lowest BCUT2D eigenvalue weighted by atomic mass is 10.1. The number of ether oxygens (including phenoxy) is 3. The number of aryl methyl sites for hydroxylation is 1. The van der Waals surface area contributed by atoms with E-state index >= 15 is 0 Å². The van der Waals surface area contributed by atoms with Crippen molar-refractivity contribution in [2.45, 2.75) is 13.5 Å². The number of aliphatic imine (C=N–C) groups is 1. The van der Waals surface area contributed by atoms with Gasteiger partial charge in [-0.3, -0.25) is 0 Å². The summed E-state index contributed by atoms with van der Waals surface area (Å²) in [4.78, 5) is 16.4. The molecular weight excluding hydrogens is 477 g/mol. The van der Waals surface area contributed by atoms with Crippen LogP contribution in [0.25, 0.3) is 6.08 Å². The molecule has 0 amide bonds. The Morgan fingerprint density at radius 1 is 1.12 bits per heavy atom. The molecule has 1 aliphatic rings. The molecular formula is C25H19BrFNO4. The lowest BCUT2D eigenvalue weighted by molar-refractivity contribution is -0.129. The van der Waals surface area contributed by atoms with E-state index in [9.17, 15) is 9.18 Å². The summed E-state index contributed by atoms with van der Waals surface area (Å²) in [5.74, 6) is -0.200. The normalized spacial score (nSPS) is 14.3. The van der Waals surface area contributed by atoms with Gasteiger partial charge in [-0.2, -0.15) is 0 Å². The molecule has 0 radical (unpaired) electrons. The van der Waals surface area contributed by atoms with Gasteiger partial charge < -0.3 is 14.2 Å². The highest BCUT2D eigenvalue weighted by Gasteiger charge is 2.26. The molecule has 32 heavy (non-hydrogen) atoms. The number of hydrogen-bond acceptors (Lipinski definition) is 5. The fraction of sp³-hybridized carbons (Fsp3) is 0.120. The quantitative estimate of drug-likeness (QED) is 0.319.